The van der Waals surface area contributed by atoms with E-state index in [-0.39, 0.29) is 26.6 Å². The zero-order valence-electron chi connectivity index (χ0n) is 33.7. The quantitative estimate of drug-likeness (QED) is 0.0352. The van der Waals surface area contributed by atoms with Crippen LogP contribution in [0.15, 0.2) is 172 Å². The van der Waals surface area contributed by atoms with Crippen molar-refractivity contribution in [2.75, 3.05) is 11.5 Å². The van der Waals surface area contributed by atoms with Gasteiger partial charge in [-0.05, 0) is 29.6 Å². The fraction of sp³-hybridized carbons (Fsp3) is 0.128. The van der Waals surface area contributed by atoms with Gasteiger partial charge in [0.2, 0.25) is 5.60 Å². The van der Waals surface area contributed by atoms with E-state index in [2.05, 4.69) is 25.0 Å². The van der Waals surface area contributed by atoms with Crippen molar-refractivity contribution in [2.24, 2.45) is 5.16 Å². The van der Waals surface area contributed by atoms with Crippen LogP contribution < -0.4 is 11.1 Å². The Morgan fingerprint density at radius 1 is 0.859 bits per heavy atom. The maximum Gasteiger partial charge on any atom is 0.356 e. The number of carbonyl (C=O) groups is 3. The maximum absolute atomic E-state index is 14.7. The number of nitrogens with one attached hydrogen (secondary N) is 1. The lowest BCUT2D eigenvalue weighted by atomic mass is 9.80. The Morgan fingerprint density at radius 2 is 1.39 bits per heavy atom. The molecule has 64 heavy (non-hydrogen) atoms. The van der Waals surface area contributed by atoms with Crippen molar-refractivity contribution in [3.8, 4) is 0 Å². The van der Waals surface area contributed by atoms with Crippen LogP contribution in [0.2, 0.25) is 4.34 Å². The third-order valence-electron chi connectivity index (χ3n) is 10.5. The number of thiazole rings is 1. The summed E-state index contributed by atoms with van der Waals surface area (Å²) < 4.78 is 11.3. The zero-order valence-corrected chi connectivity index (χ0v) is 37.8. The highest BCUT2D eigenvalue weighted by Gasteiger charge is 2.55. The van der Waals surface area contributed by atoms with Crippen LogP contribution in [0.25, 0.3) is 0 Å². The second-order valence-corrected chi connectivity index (χ2v) is 19.3. The number of nitrogens with two attached hydrogens (primary N) is 1. The lowest BCUT2D eigenvalue weighted by molar-refractivity contribution is -0.154. The fourth-order valence-electron chi connectivity index (χ4n) is 7.49. The SMILES string of the molecule is Cc1nnsc1SC1=C(C(=O)OC(c2ccccc2)c2ccccc2)N2C(=O)[C@@H](NC(=O)/C(=N\OC(c3ccccc3)(c3ccccc3)c3ccccc3)c3nc(N)sc3Cl)C2SC1. The van der Waals surface area contributed by atoms with Gasteiger partial charge >= 0.3 is 5.97 Å². The molecule has 0 aliphatic carbocycles. The number of nitrogens with zero attached hydrogens (tertiary/aromatic N) is 5. The summed E-state index contributed by atoms with van der Waals surface area (Å²) in [6.45, 7) is 1.83. The van der Waals surface area contributed by atoms with E-state index in [1.807, 2.05) is 159 Å². The number of esters is 1. The monoisotopic (exact) mass is 941 g/mol. The Kier molecular flexibility index (Phi) is 12.6. The molecule has 12 nitrogen and oxygen atoms in total. The topological polar surface area (TPSA) is 162 Å². The number of thioether (sulfide) groups is 2. The normalized spacial score (nSPS) is 16.3. The van der Waals surface area contributed by atoms with Gasteiger partial charge in [-0.3, -0.25) is 14.5 Å². The molecule has 0 radical (unpaired) electrons. The summed E-state index contributed by atoms with van der Waals surface area (Å²) in [6, 6.07) is 46.3. The Hall–Kier alpha value is -6.30. The average molecular weight is 943 g/mol. The molecule has 2 aliphatic heterocycles. The number of carbonyl (C=O) groups excluding carboxylic acids is 3. The largest absolute Gasteiger partial charge is 0.448 e. The van der Waals surface area contributed by atoms with Crippen LogP contribution in [0, 0.1) is 6.92 Å². The van der Waals surface area contributed by atoms with Crippen LogP contribution in [0.5, 0.6) is 0 Å². The van der Waals surface area contributed by atoms with Crippen LogP contribution in [0.1, 0.15) is 45.3 Å². The highest BCUT2D eigenvalue weighted by atomic mass is 35.5. The molecule has 9 rings (SSSR count). The highest BCUT2D eigenvalue weighted by molar-refractivity contribution is 8.07. The molecule has 2 atom stereocenters. The third kappa shape index (κ3) is 8.42. The Bertz CT molecular complexity index is 2730. The Morgan fingerprint density at radius 3 is 1.88 bits per heavy atom. The van der Waals surface area contributed by atoms with E-state index in [0.29, 0.717) is 16.4 Å². The van der Waals surface area contributed by atoms with E-state index in [0.717, 1.165) is 43.4 Å². The number of rotatable bonds is 14. The minimum absolute atomic E-state index is 0.0195. The van der Waals surface area contributed by atoms with E-state index in [1.54, 1.807) is 0 Å². The van der Waals surface area contributed by atoms with Gasteiger partial charge in [0, 0.05) is 27.3 Å². The van der Waals surface area contributed by atoms with Crippen LogP contribution in [-0.2, 0) is 29.6 Å². The van der Waals surface area contributed by atoms with Gasteiger partial charge in [-0.25, -0.2) is 9.78 Å². The number of fused-ring (bicyclic) bond motifs is 1. The van der Waals surface area contributed by atoms with E-state index < -0.39 is 40.9 Å². The number of anilines is 1. The summed E-state index contributed by atoms with van der Waals surface area (Å²) in [4.78, 5) is 56.9. The van der Waals surface area contributed by atoms with Crippen molar-refractivity contribution in [1.29, 1.82) is 0 Å². The predicted molar refractivity (Wildman–Crippen MR) is 252 cm³/mol. The van der Waals surface area contributed by atoms with Gasteiger partial charge in [0.05, 0.1) is 5.69 Å². The molecular formula is C47H36ClN7O5S4. The molecule has 0 saturated carbocycles. The van der Waals surface area contributed by atoms with Crippen molar-refractivity contribution in [1.82, 2.24) is 24.8 Å². The van der Waals surface area contributed by atoms with Gasteiger partial charge in [0.15, 0.2) is 16.9 Å². The second kappa shape index (κ2) is 18.8. The lowest BCUT2D eigenvalue weighted by Crippen LogP contribution is -2.71. The van der Waals surface area contributed by atoms with Crippen LogP contribution in [0.4, 0.5) is 5.13 Å². The van der Waals surface area contributed by atoms with Gasteiger partial charge in [-0.2, -0.15) is 0 Å². The van der Waals surface area contributed by atoms with Gasteiger partial charge in [-0.1, -0.05) is 196 Å². The minimum Gasteiger partial charge on any atom is -0.448 e. The first-order chi connectivity index (χ1) is 31.2. The summed E-state index contributed by atoms with van der Waals surface area (Å²) in [5, 5.41) is 11.0. The van der Waals surface area contributed by atoms with Crippen LogP contribution >= 0.6 is 58.0 Å². The number of aromatic nitrogens is 3. The van der Waals surface area contributed by atoms with Crippen molar-refractivity contribution in [3.63, 3.8) is 0 Å². The van der Waals surface area contributed by atoms with Crippen molar-refractivity contribution < 1.29 is 24.0 Å². The summed E-state index contributed by atoms with van der Waals surface area (Å²) in [5.74, 6) is -1.69. The third-order valence-corrected chi connectivity index (χ3v) is 15.2. The molecule has 5 aromatic carbocycles. The standard InChI is InChI=1S/C47H36ClN7O5S4/c1-28-45(64-54-52-28)62-34-27-61-43-37(42(57)55(43)38(34)44(58)59-39(29-17-7-2-8-18-29)30-19-9-3-10-20-30)50-41(56)36(35-40(48)63-46(49)51-35)53-60-47(31-21-11-4-12-22-31,32-23-13-5-14-24-32)33-25-15-6-16-26-33/h2-26,37,39,43H,27H2,1H3,(H2,49,51)(H,50,56)/b53-36-/t37-,43?/m1/s1. The Balaban J connectivity index is 1.06. The number of oxime groups is 1. The summed E-state index contributed by atoms with van der Waals surface area (Å²) >= 11 is 11.6. The number of hydrogen-bond donors (Lipinski definition) is 2. The molecule has 2 aliphatic rings. The molecule has 7 aromatic rings. The highest BCUT2D eigenvalue weighted by Crippen LogP contribution is 2.47. The molecule has 0 spiro atoms. The number of aryl methyl sites for hydroxylation is 1. The van der Waals surface area contributed by atoms with Gasteiger partial charge < -0.3 is 20.6 Å². The maximum atomic E-state index is 14.7. The van der Waals surface area contributed by atoms with Crippen molar-refractivity contribution in [3.05, 3.63) is 206 Å². The predicted octanol–water partition coefficient (Wildman–Crippen LogP) is 8.99. The molecular weight excluding hydrogens is 906 g/mol. The molecule has 2 aromatic heterocycles. The number of amides is 2. The summed E-state index contributed by atoms with van der Waals surface area (Å²) in [5.41, 5.74) is 8.92. The van der Waals surface area contributed by atoms with E-state index in [1.165, 1.54) is 40.0 Å². The van der Waals surface area contributed by atoms with E-state index >= 15 is 0 Å². The molecule has 1 fully saturated rings. The molecule has 17 heteroatoms. The van der Waals surface area contributed by atoms with Crippen LogP contribution in [-0.4, -0.2) is 60.1 Å². The molecule has 0 bridgehead atoms. The second-order valence-electron chi connectivity index (χ2n) is 14.5. The minimum atomic E-state index is -1.36. The number of β-lactam (4-membered cyclic amide) rings is 1. The molecule has 2 amide bonds. The first-order valence-corrected chi connectivity index (χ1v) is 23.7. The summed E-state index contributed by atoms with van der Waals surface area (Å²) in [6.07, 6.45) is -0.774. The first kappa shape index (κ1) is 43.0. The number of ether oxygens (including phenoxy) is 1. The van der Waals surface area contributed by atoms with E-state index in [9.17, 15) is 14.4 Å². The lowest BCUT2D eigenvalue weighted by Gasteiger charge is -2.49. The molecule has 4 heterocycles. The summed E-state index contributed by atoms with van der Waals surface area (Å²) in [7, 11) is 0. The van der Waals surface area contributed by atoms with Crippen molar-refractivity contribution >= 4 is 86.6 Å². The molecule has 1 unspecified atom stereocenters. The average Bonchev–Trinajstić information content (AvgIpc) is 3.91. The van der Waals surface area contributed by atoms with Gasteiger partial charge in [-0.15, -0.1) is 16.9 Å². The van der Waals surface area contributed by atoms with E-state index in [4.69, 9.17) is 26.9 Å². The first-order valence-electron chi connectivity index (χ1n) is 19.8. The molecule has 3 N–H and O–H groups in total. The van der Waals surface area contributed by atoms with Gasteiger partial charge in [0.25, 0.3) is 11.8 Å². The van der Waals surface area contributed by atoms with Crippen LogP contribution in [0.3, 0.4) is 0 Å². The number of hydrogen-bond acceptors (Lipinski definition) is 14. The molecule has 320 valence electrons. The zero-order chi connectivity index (χ0) is 44.2. The fourth-order valence-corrected chi connectivity index (χ4v) is 11.7. The smallest absolute Gasteiger partial charge is 0.356 e. The Labute approximate surface area is 389 Å². The number of benzene rings is 5. The number of nitrogen functional groups attached to an aromatic ring is 1. The molecule has 1 saturated heterocycles. The van der Waals surface area contributed by atoms with Crippen molar-refractivity contribution in [2.45, 2.75) is 34.3 Å². The van der Waals surface area contributed by atoms with Gasteiger partial charge in [0.1, 0.15) is 31.4 Å². The number of halogens is 1.